The molecule has 2 atom stereocenters. The van der Waals surface area contributed by atoms with E-state index >= 15 is 0 Å². The highest BCUT2D eigenvalue weighted by molar-refractivity contribution is 6.36. The maximum absolute atomic E-state index is 12.4. The van der Waals surface area contributed by atoms with E-state index in [1.165, 1.54) is 6.08 Å². The molecule has 0 saturated carbocycles. The normalized spacial score (nSPS) is 21.4. The van der Waals surface area contributed by atoms with Gasteiger partial charge in [0.25, 0.3) is 0 Å². The van der Waals surface area contributed by atoms with Gasteiger partial charge in [0.15, 0.2) is 0 Å². The van der Waals surface area contributed by atoms with Gasteiger partial charge in [-0.2, -0.15) is 0 Å². The summed E-state index contributed by atoms with van der Waals surface area (Å²) in [5.74, 6) is -2.83. The second-order valence-corrected chi connectivity index (χ2v) is 8.44. The molecule has 0 fully saturated rings. The second-order valence-electron chi connectivity index (χ2n) is 7.39. The lowest BCUT2D eigenvalue weighted by Gasteiger charge is -2.37. The van der Waals surface area contributed by atoms with Crippen molar-refractivity contribution in [3.63, 3.8) is 0 Å². The number of hydrogen-bond acceptors (Lipinski definition) is 3. The third-order valence-electron chi connectivity index (χ3n) is 5.45. The molecule has 0 spiro atoms. The van der Waals surface area contributed by atoms with Crippen LogP contribution in [0.4, 0.5) is 0 Å². The fourth-order valence-corrected chi connectivity index (χ4v) is 4.52. The van der Waals surface area contributed by atoms with E-state index in [1.54, 1.807) is 25.1 Å². The smallest absolute Gasteiger partial charge is 0.333 e. The number of unbranched alkanes of at least 4 members (excludes halogenated alkanes) is 2. The monoisotopic (exact) mass is 474 g/mol. The van der Waals surface area contributed by atoms with Gasteiger partial charge < -0.3 is 14.9 Å². The Labute approximate surface area is 191 Å². The number of halogens is 3. The minimum atomic E-state index is -1.55. The Bertz CT molecular complexity index is 878. The molecule has 1 aromatic carbocycles. The first-order valence-corrected chi connectivity index (χ1v) is 11.0. The maximum Gasteiger partial charge on any atom is 0.333 e. The highest BCUT2D eigenvalue weighted by Crippen LogP contribution is 2.47. The van der Waals surface area contributed by atoms with Crippen LogP contribution in [0.5, 0.6) is 5.75 Å². The number of ether oxygens (including phenoxy) is 1. The van der Waals surface area contributed by atoms with E-state index < -0.39 is 23.3 Å². The molecule has 0 radical (unpaired) electrons. The molecule has 30 heavy (non-hydrogen) atoms. The van der Waals surface area contributed by atoms with E-state index in [1.807, 2.05) is 0 Å². The SMILES string of the molecule is CCCCCOc1ccc(CC2(C(=O)O)C=C(CCl)C(Cl)=C(C(=O)O)C2C)c(Cl)c1. The van der Waals surface area contributed by atoms with Crippen LogP contribution >= 0.6 is 34.8 Å². The molecule has 2 N–H and O–H groups in total. The number of allylic oxidation sites excluding steroid dienone is 2. The molecule has 0 aliphatic heterocycles. The fourth-order valence-electron chi connectivity index (χ4n) is 3.64. The van der Waals surface area contributed by atoms with Crippen LogP contribution in [0.25, 0.3) is 0 Å². The summed E-state index contributed by atoms with van der Waals surface area (Å²) in [5, 5.41) is 20.1. The Hall–Kier alpha value is -1.69. The Balaban J connectivity index is 2.39. The molecule has 0 bridgehead atoms. The van der Waals surface area contributed by atoms with E-state index in [2.05, 4.69) is 6.92 Å². The number of hydrogen-bond donors (Lipinski definition) is 2. The van der Waals surface area contributed by atoms with Crippen molar-refractivity contribution in [2.45, 2.75) is 39.5 Å². The fraction of sp³-hybridized carbons (Fsp3) is 0.455. The van der Waals surface area contributed by atoms with E-state index in [-0.39, 0.29) is 28.5 Å². The topological polar surface area (TPSA) is 83.8 Å². The number of rotatable bonds is 10. The highest BCUT2D eigenvalue weighted by Gasteiger charge is 2.49. The van der Waals surface area contributed by atoms with Crippen LogP contribution in [-0.4, -0.2) is 34.6 Å². The van der Waals surface area contributed by atoms with Gasteiger partial charge in [-0.15, -0.1) is 11.6 Å². The number of carboxylic acid groups (broad SMARTS) is 2. The summed E-state index contributed by atoms with van der Waals surface area (Å²) in [6.45, 7) is 4.23. The average Bonchev–Trinajstić information content (AvgIpc) is 2.68. The van der Waals surface area contributed by atoms with Crippen LogP contribution < -0.4 is 4.74 Å². The molecule has 2 rings (SSSR count). The van der Waals surface area contributed by atoms with E-state index in [9.17, 15) is 19.8 Å². The summed E-state index contributed by atoms with van der Waals surface area (Å²) in [7, 11) is 0. The summed E-state index contributed by atoms with van der Waals surface area (Å²) in [6.07, 6.45) is 4.55. The molecule has 0 amide bonds. The summed E-state index contributed by atoms with van der Waals surface area (Å²) < 4.78 is 5.69. The zero-order valence-corrected chi connectivity index (χ0v) is 19.2. The van der Waals surface area contributed by atoms with Crippen molar-refractivity contribution >= 4 is 46.7 Å². The minimum Gasteiger partial charge on any atom is -0.494 e. The van der Waals surface area contributed by atoms with Gasteiger partial charge in [0.2, 0.25) is 0 Å². The Morgan fingerprint density at radius 1 is 1.20 bits per heavy atom. The van der Waals surface area contributed by atoms with Crippen LogP contribution in [0.1, 0.15) is 38.7 Å². The Morgan fingerprint density at radius 2 is 1.90 bits per heavy atom. The van der Waals surface area contributed by atoms with Gasteiger partial charge in [0, 0.05) is 16.8 Å². The lowest BCUT2D eigenvalue weighted by atomic mass is 9.65. The van der Waals surface area contributed by atoms with Gasteiger partial charge in [0.1, 0.15) is 5.75 Å². The van der Waals surface area contributed by atoms with Crippen molar-refractivity contribution in [2.75, 3.05) is 12.5 Å². The number of carbonyl (C=O) groups is 2. The van der Waals surface area contributed by atoms with Gasteiger partial charge in [-0.3, -0.25) is 4.79 Å². The third-order valence-corrected chi connectivity index (χ3v) is 6.54. The first-order chi connectivity index (χ1) is 14.2. The van der Waals surface area contributed by atoms with Gasteiger partial charge in [-0.1, -0.05) is 62.0 Å². The van der Waals surface area contributed by atoms with E-state index in [0.717, 1.165) is 19.3 Å². The van der Waals surface area contributed by atoms with Crippen LogP contribution in [0.2, 0.25) is 5.02 Å². The molecule has 1 aliphatic carbocycles. The zero-order valence-electron chi connectivity index (χ0n) is 16.9. The molecule has 1 aliphatic rings. The Morgan fingerprint density at radius 3 is 2.43 bits per heavy atom. The molecule has 0 saturated heterocycles. The number of carboxylic acids is 2. The van der Waals surface area contributed by atoms with E-state index in [0.29, 0.717) is 22.9 Å². The summed E-state index contributed by atoms with van der Waals surface area (Å²) in [4.78, 5) is 24.2. The van der Waals surface area contributed by atoms with Gasteiger partial charge >= 0.3 is 11.9 Å². The average molecular weight is 476 g/mol. The van der Waals surface area contributed by atoms with Crippen LogP contribution in [0.15, 0.2) is 40.5 Å². The minimum absolute atomic E-state index is 0.0104. The van der Waals surface area contributed by atoms with Crippen molar-refractivity contribution in [3.05, 3.63) is 51.0 Å². The standard InChI is InChI=1S/C22H25Cl3O5/c1-3-4-5-8-30-16-7-6-14(17(24)9-16)10-22(21(28)29)11-15(12-23)19(25)18(13(22)2)20(26)27/h6-7,9,11,13H,3-5,8,10,12H2,1-2H3,(H,26,27)(H,28,29). The van der Waals surface area contributed by atoms with Crippen LogP contribution in [0.3, 0.4) is 0 Å². The molecule has 2 unspecified atom stereocenters. The molecule has 1 aromatic rings. The molecule has 0 heterocycles. The van der Waals surface area contributed by atoms with Crippen molar-refractivity contribution in [2.24, 2.45) is 11.3 Å². The zero-order chi connectivity index (χ0) is 22.5. The lowest BCUT2D eigenvalue weighted by Crippen LogP contribution is -2.42. The number of aliphatic carboxylic acids is 2. The summed E-state index contributed by atoms with van der Waals surface area (Å²) in [6, 6.07) is 5.10. The van der Waals surface area contributed by atoms with Crippen molar-refractivity contribution in [1.29, 1.82) is 0 Å². The molecule has 164 valence electrons. The Kier molecular flexibility index (Phi) is 8.65. The van der Waals surface area contributed by atoms with Crippen molar-refractivity contribution in [1.82, 2.24) is 0 Å². The molecular weight excluding hydrogens is 451 g/mol. The first-order valence-electron chi connectivity index (χ1n) is 9.73. The predicted octanol–water partition coefficient (Wildman–Crippen LogP) is 5.91. The molecule has 5 nitrogen and oxygen atoms in total. The first kappa shape index (κ1) is 24.6. The van der Waals surface area contributed by atoms with Crippen LogP contribution in [-0.2, 0) is 16.0 Å². The van der Waals surface area contributed by atoms with Gasteiger partial charge in [-0.05, 0) is 36.1 Å². The van der Waals surface area contributed by atoms with Crippen molar-refractivity contribution in [3.8, 4) is 5.75 Å². The quantitative estimate of drug-likeness (QED) is 0.324. The second kappa shape index (κ2) is 10.6. The molecule has 8 heteroatoms. The van der Waals surface area contributed by atoms with E-state index in [4.69, 9.17) is 39.5 Å². The molecular formula is C22H25Cl3O5. The molecule has 0 aromatic heterocycles. The van der Waals surface area contributed by atoms with Gasteiger partial charge in [-0.25, -0.2) is 4.79 Å². The number of alkyl halides is 1. The van der Waals surface area contributed by atoms with Crippen molar-refractivity contribution < 1.29 is 24.5 Å². The highest BCUT2D eigenvalue weighted by atomic mass is 35.5. The number of benzene rings is 1. The lowest BCUT2D eigenvalue weighted by molar-refractivity contribution is -0.148. The van der Waals surface area contributed by atoms with Crippen LogP contribution in [0, 0.1) is 11.3 Å². The largest absolute Gasteiger partial charge is 0.494 e. The maximum atomic E-state index is 12.4. The van der Waals surface area contributed by atoms with Gasteiger partial charge in [0.05, 0.1) is 22.6 Å². The summed E-state index contributed by atoms with van der Waals surface area (Å²) in [5.41, 5.74) is -0.865. The predicted molar refractivity (Wildman–Crippen MR) is 119 cm³/mol. The third kappa shape index (κ3) is 5.13. The summed E-state index contributed by atoms with van der Waals surface area (Å²) >= 11 is 18.6.